The number of carbonyl (C=O) groups excluding carboxylic acids is 1. The fraction of sp³-hybridized carbons (Fsp3) is 0.455. The van der Waals surface area contributed by atoms with E-state index in [2.05, 4.69) is 10.3 Å². The van der Waals surface area contributed by atoms with Gasteiger partial charge in [0.05, 0.1) is 11.6 Å². The molecule has 4 nitrogen and oxygen atoms in total. The molecule has 0 unspecified atom stereocenters. The van der Waals surface area contributed by atoms with Crippen molar-refractivity contribution >= 4 is 23.4 Å². The molecular formula is C11H15ClN2O2. The minimum absolute atomic E-state index is 0.170. The van der Waals surface area contributed by atoms with Crippen molar-refractivity contribution in [2.24, 2.45) is 0 Å². The van der Waals surface area contributed by atoms with Gasteiger partial charge in [-0.25, -0.2) is 4.98 Å². The van der Waals surface area contributed by atoms with Gasteiger partial charge in [0.2, 0.25) is 0 Å². The number of hydrogen-bond acceptors (Lipinski definition) is 4. The fourth-order valence-electron chi connectivity index (χ4n) is 1.19. The summed E-state index contributed by atoms with van der Waals surface area (Å²) in [6.07, 6.45) is 2.77. The molecule has 0 saturated heterocycles. The summed E-state index contributed by atoms with van der Waals surface area (Å²) < 4.78 is 4.81. The molecule has 1 heterocycles. The highest BCUT2D eigenvalue weighted by Gasteiger charge is 2.02. The molecule has 0 amide bonds. The lowest BCUT2D eigenvalue weighted by Crippen LogP contribution is -2.09. The fourth-order valence-corrected chi connectivity index (χ4v) is 1.38. The zero-order valence-corrected chi connectivity index (χ0v) is 9.96. The number of aromatic nitrogens is 1. The monoisotopic (exact) mass is 242 g/mol. The number of rotatable bonds is 6. The van der Waals surface area contributed by atoms with E-state index >= 15 is 0 Å². The Morgan fingerprint density at radius 1 is 1.62 bits per heavy atom. The number of nitrogens with one attached hydrogen (secondary N) is 1. The lowest BCUT2D eigenvalue weighted by atomic mass is 10.3. The third kappa shape index (κ3) is 4.49. The molecule has 1 rings (SSSR count). The van der Waals surface area contributed by atoms with Gasteiger partial charge in [0.25, 0.3) is 0 Å². The quantitative estimate of drug-likeness (QED) is 0.615. The highest BCUT2D eigenvalue weighted by Crippen LogP contribution is 2.17. The van der Waals surface area contributed by atoms with Crippen molar-refractivity contribution in [2.75, 3.05) is 18.5 Å². The van der Waals surface area contributed by atoms with Crippen LogP contribution in [0.15, 0.2) is 18.3 Å². The summed E-state index contributed by atoms with van der Waals surface area (Å²) >= 11 is 5.90. The number of nitrogens with zero attached hydrogens (tertiary/aromatic N) is 1. The topological polar surface area (TPSA) is 51.2 Å². The van der Waals surface area contributed by atoms with Gasteiger partial charge in [0.1, 0.15) is 5.82 Å². The number of hydrogen-bond donors (Lipinski definition) is 1. The normalized spacial score (nSPS) is 9.88. The highest BCUT2D eigenvalue weighted by atomic mass is 35.5. The predicted octanol–water partition coefficient (Wildman–Crippen LogP) is 2.49. The van der Waals surface area contributed by atoms with Crippen molar-refractivity contribution in [2.45, 2.75) is 19.8 Å². The van der Waals surface area contributed by atoms with Gasteiger partial charge >= 0.3 is 5.97 Å². The second-order valence-electron chi connectivity index (χ2n) is 3.17. The number of ether oxygens (including phenoxy) is 1. The van der Waals surface area contributed by atoms with Crippen molar-refractivity contribution in [3.05, 3.63) is 23.4 Å². The third-order valence-corrected chi connectivity index (χ3v) is 2.22. The summed E-state index contributed by atoms with van der Waals surface area (Å²) in [4.78, 5) is 15.1. The lowest BCUT2D eigenvalue weighted by molar-refractivity contribution is -0.143. The van der Waals surface area contributed by atoms with Crippen LogP contribution in [0.3, 0.4) is 0 Å². The van der Waals surface area contributed by atoms with Crippen molar-refractivity contribution < 1.29 is 9.53 Å². The van der Waals surface area contributed by atoms with Crippen LogP contribution in [0.5, 0.6) is 0 Å². The third-order valence-electron chi connectivity index (χ3n) is 1.91. The Bertz CT molecular complexity index is 345. The van der Waals surface area contributed by atoms with E-state index in [1.54, 1.807) is 25.3 Å². The van der Waals surface area contributed by atoms with E-state index in [-0.39, 0.29) is 5.97 Å². The van der Waals surface area contributed by atoms with E-state index in [1.807, 2.05) is 0 Å². The van der Waals surface area contributed by atoms with Crippen LogP contribution in [0.25, 0.3) is 0 Å². The summed E-state index contributed by atoms with van der Waals surface area (Å²) in [5, 5.41) is 3.64. The molecule has 1 aromatic rings. The summed E-state index contributed by atoms with van der Waals surface area (Å²) in [5.74, 6) is 0.476. The van der Waals surface area contributed by atoms with Crippen molar-refractivity contribution in [1.29, 1.82) is 0 Å². The second kappa shape index (κ2) is 7.06. The Balaban J connectivity index is 2.21. The zero-order valence-electron chi connectivity index (χ0n) is 9.20. The van der Waals surface area contributed by atoms with E-state index in [4.69, 9.17) is 16.3 Å². The van der Waals surface area contributed by atoms with Gasteiger partial charge in [0, 0.05) is 19.2 Å². The molecule has 0 spiro atoms. The molecule has 0 radical (unpaired) electrons. The van der Waals surface area contributed by atoms with Crippen LogP contribution >= 0.6 is 11.6 Å². The number of anilines is 1. The van der Waals surface area contributed by atoms with Gasteiger partial charge in [-0.1, -0.05) is 11.6 Å². The number of carbonyl (C=O) groups is 1. The molecule has 0 aliphatic rings. The standard InChI is InChI=1S/C11H15ClN2O2/c1-2-16-10(15)6-4-8-14-11-9(12)5-3-7-13-11/h3,5,7H,2,4,6,8H2,1H3,(H,13,14). The molecule has 1 N–H and O–H groups in total. The minimum atomic E-state index is -0.170. The Morgan fingerprint density at radius 3 is 3.12 bits per heavy atom. The SMILES string of the molecule is CCOC(=O)CCCNc1ncccc1Cl. The molecular weight excluding hydrogens is 228 g/mol. The predicted molar refractivity (Wildman–Crippen MR) is 63.6 cm³/mol. The first kappa shape index (κ1) is 12.8. The average Bonchev–Trinajstić information content (AvgIpc) is 2.27. The summed E-state index contributed by atoms with van der Waals surface area (Å²) in [7, 11) is 0. The van der Waals surface area contributed by atoms with Gasteiger partial charge in [-0.3, -0.25) is 4.79 Å². The van der Waals surface area contributed by atoms with Gasteiger partial charge in [-0.05, 0) is 25.5 Å². The van der Waals surface area contributed by atoms with E-state index in [1.165, 1.54) is 0 Å². The highest BCUT2D eigenvalue weighted by molar-refractivity contribution is 6.32. The van der Waals surface area contributed by atoms with Gasteiger partial charge < -0.3 is 10.1 Å². The zero-order chi connectivity index (χ0) is 11.8. The molecule has 0 bridgehead atoms. The van der Waals surface area contributed by atoms with Crippen LogP contribution in [-0.4, -0.2) is 24.1 Å². The number of halogens is 1. The minimum Gasteiger partial charge on any atom is -0.466 e. The van der Waals surface area contributed by atoms with Crippen LogP contribution in [0.4, 0.5) is 5.82 Å². The van der Waals surface area contributed by atoms with Crippen molar-refractivity contribution in [3.63, 3.8) is 0 Å². The molecule has 0 fully saturated rings. The maximum absolute atomic E-state index is 11.0. The van der Waals surface area contributed by atoms with Gasteiger partial charge in [0.15, 0.2) is 0 Å². The average molecular weight is 243 g/mol. The molecule has 5 heteroatoms. The van der Waals surface area contributed by atoms with Crippen LogP contribution in [-0.2, 0) is 9.53 Å². The Hall–Kier alpha value is -1.29. The molecule has 88 valence electrons. The lowest BCUT2D eigenvalue weighted by Gasteiger charge is -2.06. The largest absolute Gasteiger partial charge is 0.466 e. The first-order chi connectivity index (χ1) is 7.74. The number of esters is 1. The summed E-state index contributed by atoms with van der Waals surface area (Å²) in [6, 6.07) is 3.54. The van der Waals surface area contributed by atoms with E-state index in [9.17, 15) is 4.79 Å². The van der Waals surface area contributed by atoms with Crippen molar-refractivity contribution in [3.8, 4) is 0 Å². The van der Waals surface area contributed by atoms with Gasteiger partial charge in [-0.15, -0.1) is 0 Å². The van der Waals surface area contributed by atoms with Crippen LogP contribution in [0.2, 0.25) is 5.02 Å². The maximum atomic E-state index is 11.0. The summed E-state index contributed by atoms with van der Waals surface area (Å²) in [6.45, 7) is 2.87. The molecule has 0 aliphatic carbocycles. The van der Waals surface area contributed by atoms with Crippen molar-refractivity contribution in [1.82, 2.24) is 4.98 Å². The Kier molecular flexibility index (Phi) is 5.64. The maximum Gasteiger partial charge on any atom is 0.305 e. The molecule has 0 aromatic carbocycles. The van der Waals surface area contributed by atoms with Crippen LogP contribution < -0.4 is 5.32 Å². The first-order valence-corrected chi connectivity index (χ1v) is 5.62. The smallest absolute Gasteiger partial charge is 0.305 e. The van der Waals surface area contributed by atoms with E-state index in [0.29, 0.717) is 36.8 Å². The Morgan fingerprint density at radius 2 is 2.44 bits per heavy atom. The second-order valence-corrected chi connectivity index (χ2v) is 3.58. The molecule has 0 atom stereocenters. The van der Waals surface area contributed by atoms with Crippen LogP contribution in [0, 0.1) is 0 Å². The molecule has 0 saturated carbocycles. The molecule has 1 aromatic heterocycles. The summed E-state index contributed by atoms with van der Waals surface area (Å²) in [5.41, 5.74) is 0. The molecule has 0 aliphatic heterocycles. The van der Waals surface area contributed by atoms with Crippen LogP contribution in [0.1, 0.15) is 19.8 Å². The van der Waals surface area contributed by atoms with E-state index < -0.39 is 0 Å². The van der Waals surface area contributed by atoms with E-state index in [0.717, 1.165) is 0 Å². The first-order valence-electron chi connectivity index (χ1n) is 5.24. The number of pyridine rings is 1. The Labute approximate surface area is 100.0 Å². The van der Waals surface area contributed by atoms with Gasteiger partial charge in [-0.2, -0.15) is 0 Å². The molecule has 16 heavy (non-hydrogen) atoms.